The molecule has 2 unspecified atom stereocenters. The van der Waals surface area contributed by atoms with Gasteiger partial charge in [-0.05, 0) is 60.5 Å². The third-order valence-electron chi connectivity index (χ3n) is 5.72. The van der Waals surface area contributed by atoms with E-state index in [2.05, 4.69) is 28.1 Å². The first-order chi connectivity index (χ1) is 13.2. The van der Waals surface area contributed by atoms with Gasteiger partial charge in [-0.2, -0.15) is 0 Å². The summed E-state index contributed by atoms with van der Waals surface area (Å²) in [6.45, 7) is 3.18. The van der Waals surface area contributed by atoms with Gasteiger partial charge < -0.3 is 15.5 Å². The van der Waals surface area contributed by atoms with E-state index in [1.807, 2.05) is 17.0 Å². The van der Waals surface area contributed by atoms with Crippen LogP contribution in [0.4, 0.5) is 0 Å². The van der Waals surface area contributed by atoms with Gasteiger partial charge in [-0.15, -0.1) is 11.3 Å². The summed E-state index contributed by atoms with van der Waals surface area (Å²) in [6.07, 6.45) is 4.55. The lowest BCUT2D eigenvalue weighted by Crippen LogP contribution is -2.47. The first-order valence-electron chi connectivity index (χ1n) is 9.94. The first kappa shape index (κ1) is 18.4. The molecule has 3 heterocycles. The van der Waals surface area contributed by atoms with E-state index in [4.69, 9.17) is 0 Å². The Morgan fingerprint density at radius 3 is 2.96 bits per heavy atom. The smallest absolute Gasteiger partial charge is 0.237 e. The summed E-state index contributed by atoms with van der Waals surface area (Å²) >= 11 is 1.70. The van der Waals surface area contributed by atoms with E-state index in [9.17, 15) is 9.59 Å². The van der Waals surface area contributed by atoms with Crippen molar-refractivity contribution in [2.75, 3.05) is 26.2 Å². The minimum absolute atomic E-state index is 0.0294. The van der Waals surface area contributed by atoms with Gasteiger partial charge in [0.25, 0.3) is 0 Å². The van der Waals surface area contributed by atoms with Crippen molar-refractivity contribution in [3.8, 4) is 0 Å². The summed E-state index contributed by atoms with van der Waals surface area (Å²) in [5.41, 5.74) is 1.13. The molecule has 2 aromatic rings. The van der Waals surface area contributed by atoms with Crippen molar-refractivity contribution in [1.29, 1.82) is 0 Å². The highest BCUT2D eigenvalue weighted by Crippen LogP contribution is 2.27. The van der Waals surface area contributed by atoms with Crippen LogP contribution < -0.4 is 10.6 Å². The molecule has 1 aromatic heterocycles. The standard InChI is InChI=1S/C21H27N3O2S/c25-20(11-16-14-27-19-8-2-1-6-17(16)19)24-10-4-5-15(13-24)12-23-21(26)18-7-3-9-22-18/h1-2,6,8,14-15,18,22H,3-5,7,9-13H2,(H,23,26). The lowest BCUT2D eigenvalue weighted by molar-refractivity contribution is -0.132. The minimum Gasteiger partial charge on any atom is -0.354 e. The van der Waals surface area contributed by atoms with E-state index in [0.29, 0.717) is 18.9 Å². The van der Waals surface area contributed by atoms with Crippen LogP contribution in [0, 0.1) is 5.92 Å². The first-order valence-corrected chi connectivity index (χ1v) is 10.8. The Morgan fingerprint density at radius 2 is 2.11 bits per heavy atom. The highest BCUT2D eigenvalue weighted by Gasteiger charge is 2.26. The molecule has 2 aliphatic rings. The molecular formula is C21H27N3O2S. The van der Waals surface area contributed by atoms with Gasteiger partial charge in [-0.25, -0.2) is 0 Å². The molecule has 1 aromatic carbocycles. The molecule has 0 radical (unpaired) electrons. The zero-order valence-corrected chi connectivity index (χ0v) is 16.4. The van der Waals surface area contributed by atoms with Crippen LogP contribution >= 0.6 is 11.3 Å². The van der Waals surface area contributed by atoms with E-state index in [1.165, 1.54) is 10.1 Å². The van der Waals surface area contributed by atoms with Crippen LogP contribution in [0.5, 0.6) is 0 Å². The van der Waals surface area contributed by atoms with Gasteiger partial charge in [0.15, 0.2) is 0 Å². The molecule has 2 atom stereocenters. The lowest BCUT2D eigenvalue weighted by Gasteiger charge is -2.33. The van der Waals surface area contributed by atoms with Crippen molar-refractivity contribution in [2.45, 2.75) is 38.1 Å². The highest BCUT2D eigenvalue weighted by atomic mass is 32.1. The number of carbonyl (C=O) groups is 2. The van der Waals surface area contributed by atoms with Crippen molar-refractivity contribution in [2.24, 2.45) is 5.92 Å². The maximum Gasteiger partial charge on any atom is 0.237 e. The monoisotopic (exact) mass is 385 g/mol. The van der Waals surface area contributed by atoms with Gasteiger partial charge in [0.2, 0.25) is 11.8 Å². The molecule has 27 heavy (non-hydrogen) atoms. The minimum atomic E-state index is -0.0294. The van der Waals surface area contributed by atoms with Crippen molar-refractivity contribution in [1.82, 2.24) is 15.5 Å². The average Bonchev–Trinajstić information content (AvgIpc) is 3.37. The number of thiophene rings is 1. The Balaban J connectivity index is 1.31. The maximum absolute atomic E-state index is 12.8. The molecule has 144 valence electrons. The number of nitrogens with one attached hydrogen (secondary N) is 2. The predicted molar refractivity (Wildman–Crippen MR) is 109 cm³/mol. The van der Waals surface area contributed by atoms with Crippen molar-refractivity contribution in [3.63, 3.8) is 0 Å². The van der Waals surface area contributed by atoms with Crippen molar-refractivity contribution < 1.29 is 9.59 Å². The molecule has 2 saturated heterocycles. The summed E-state index contributed by atoms with van der Waals surface area (Å²) < 4.78 is 1.24. The molecule has 0 bridgehead atoms. The second kappa shape index (κ2) is 8.40. The van der Waals surface area contributed by atoms with Gasteiger partial charge in [-0.1, -0.05) is 18.2 Å². The van der Waals surface area contributed by atoms with Gasteiger partial charge >= 0.3 is 0 Å². The molecule has 4 rings (SSSR count). The number of hydrogen-bond acceptors (Lipinski definition) is 4. The Bertz CT molecular complexity index is 813. The average molecular weight is 386 g/mol. The largest absolute Gasteiger partial charge is 0.354 e. The molecule has 2 aliphatic heterocycles. The summed E-state index contributed by atoms with van der Waals surface area (Å²) in [6, 6.07) is 8.24. The number of hydrogen-bond donors (Lipinski definition) is 2. The van der Waals surface area contributed by atoms with Crippen LogP contribution in [-0.2, 0) is 16.0 Å². The topological polar surface area (TPSA) is 61.4 Å². The molecule has 5 nitrogen and oxygen atoms in total. The van der Waals surface area contributed by atoms with Crippen LogP contribution in [-0.4, -0.2) is 48.9 Å². The molecule has 0 saturated carbocycles. The lowest BCUT2D eigenvalue weighted by atomic mass is 9.97. The van der Waals surface area contributed by atoms with Crippen LogP contribution in [0.1, 0.15) is 31.2 Å². The molecule has 0 aliphatic carbocycles. The fraction of sp³-hybridized carbons (Fsp3) is 0.524. The SMILES string of the molecule is O=C(NCC1CCCN(C(=O)Cc2csc3ccccc23)C1)C1CCCN1. The second-order valence-corrected chi connectivity index (χ2v) is 8.59. The van der Waals surface area contributed by atoms with E-state index >= 15 is 0 Å². The van der Waals surface area contributed by atoms with E-state index < -0.39 is 0 Å². The Labute approximate surface area is 164 Å². The summed E-state index contributed by atoms with van der Waals surface area (Å²) in [5.74, 6) is 0.667. The number of carbonyl (C=O) groups excluding carboxylic acids is 2. The zero-order valence-electron chi connectivity index (χ0n) is 15.6. The van der Waals surface area contributed by atoms with Crippen LogP contribution in [0.3, 0.4) is 0 Å². The van der Waals surface area contributed by atoms with Crippen LogP contribution in [0.25, 0.3) is 10.1 Å². The van der Waals surface area contributed by atoms with Gasteiger partial charge in [0.1, 0.15) is 0 Å². The molecule has 2 N–H and O–H groups in total. The normalized spacial score (nSPS) is 22.9. The third kappa shape index (κ3) is 4.33. The number of benzene rings is 1. The van der Waals surface area contributed by atoms with E-state index in [-0.39, 0.29) is 17.9 Å². The molecule has 0 spiro atoms. The Hall–Kier alpha value is -1.92. The van der Waals surface area contributed by atoms with E-state index in [0.717, 1.165) is 50.9 Å². The number of likely N-dealkylation sites (tertiary alicyclic amines) is 1. The number of amides is 2. The fourth-order valence-corrected chi connectivity index (χ4v) is 5.14. The summed E-state index contributed by atoms with van der Waals surface area (Å²) in [4.78, 5) is 27.0. The van der Waals surface area contributed by atoms with E-state index in [1.54, 1.807) is 11.3 Å². The number of fused-ring (bicyclic) bond motifs is 1. The molecule has 2 amide bonds. The summed E-state index contributed by atoms with van der Waals surface area (Å²) in [5, 5.41) is 9.63. The molecule has 6 heteroatoms. The molecular weight excluding hydrogens is 358 g/mol. The number of rotatable bonds is 5. The highest BCUT2D eigenvalue weighted by molar-refractivity contribution is 7.17. The van der Waals surface area contributed by atoms with Gasteiger partial charge in [-0.3, -0.25) is 9.59 Å². The quantitative estimate of drug-likeness (QED) is 0.832. The van der Waals surface area contributed by atoms with Gasteiger partial charge in [0.05, 0.1) is 12.5 Å². The zero-order chi connectivity index (χ0) is 18.6. The second-order valence-electron chi connectivity index (χ2n) is 7.68. The Kier molecular flexibility index (Phi) is 5.74. The predicted octanol–water partition coefficient (Wildman–Crippen LogP) is 2.55. The number of nitrogens with zero attached hydrogens (tertiary/aromatic N) is 1. The Morgan fingerprint density at radius 1 is 1.22 bits per heavy atom. The van der Waals surface area contributed by atoms with Crippen molar-refractivity contribution in [3.05, 3.63) is 35.2 Å². The fourth-order valence-electron chi connectivity index (χ4n) is 4.18. The summed E-state index contributed by atoms with van der Waals surface area (Å²) in [7, 11) is 0. The third-order valence-corrected chi connectivity index (χ3v) is 6.73. The van der Waals surface area contributed by atoms with Gasteiger partial charge in [0, 0.05) is 24.3 Å². The maximum atomic E-state index is 12.8. The molecule has 2 fully saturated rings. The van der Waals surface area contributed by atoms with Crippen LogP contribution in [0.2, 0.25) is 0 Å². The van der Waals surface area contributed by atoms with Crippen LogP contribution in [0.15, 0.2) is 29.6 Å². The number of piperidine rings is 1. The van der Waals surface area contributed by atoms with Crippen molar-refractivity contribution >= 4 is 33.2 Å².